The molecule has 2 aromatic carbocycles. The highest BCUT2D eigenvalue weighted by molar-refractivity contribution is 7.18. The molecule has 1 N–H and O–H groups in total. The summed E-state index contributed by atoms with van der Waals surface area (Å²) in [4.78, 5) is 12.6. The average molecular weight is 377 g/mol. The number of rotatable bonds is 3. The maximum Gasteiger partial charge on any atom is 0.345 e. The van der Waals surface area contributed by atoms with E-state index >= 15 is 0 Å². The third-order valence-corrected chi connectivity index (χ3v) is 5.49. The van der Waals surface area contributed by atoms with Crippen LogP contribution in [0.25, 0.3) is 21.6 Å². The summed E-state index contributed by atoms with van der Waals surface area (Å²) in [5.41, 5.74) is 4.70. The van der Waals surface area contributed by atoms with Crippen molar-refractivity contribution in [2.45, 2.75) is 13.8 Å². The fourth-order valence-electron chi connectivity index (χ4n) is 2.63. The molecule has 24 heavy (non-hydrogen) atoms. The molecule has 122 valence electrons. The molecule has 0 aliphatic rings. The van der Waals surface area contributed by atoms with Crippen LogP contribution >= 0.6 is 34.5 Å². The van der Waals surface area contributed by atoms with Gasteiger partial charge >= 0.3 is 5.97 Å². The summed E-state index contributed by atoms with van der Waals surface area (Å²) < 4.78 is 0. The zero-order chi connectivity index (χ0) is 17.4. The smallest absolute Gasteiger partial charge is 0.345 e. The second-order valence-corrected chi connectivity index (χ2v) is 7.50. The molecule has 0 unspecified atom stereocenters. The van der Waals surface area contributed by atoms with Gasteiger partial charge in [0.1, 0.15) is 4.88 Å². The minimum atomic E-state index is -0.942. The van der Waals surface area contributed by atoms with E-state index < -0.39 is 5.97 Å². The van der Waals surface area contributed by atoms with Gasteiger partial charge in [0.15, 0.2) is 0 Å². The lowest BCUT2D eigenvalue weighted by molar-refractivity contribution is 0.0702. The number of carbonyl (C=O) groups is 1. The predicted octanol–water partition coefficient (Wildman–Crippen LogP) is 6.70. The molecule has 0 spiro atoms. The minimum Gasteiger partial charge on any atom is -0.477 e. The van der Waals surface area contributed by atoms with Crippen molar-refractivity contribution in [2.24, 2.45) is 0 Å². The Labute approximate surface area is 154 Å². The molecule has 0 saturated carbocycles. The van der Waals surface area contributed by atoms with Gasteiger partial charge < -0.3 is 5.11 Å². The van der Waals surface area contributed by atoms with Crippen molar-refractivity contribution in [3.63, 3.8) is 0 Å². The molecule has 3 aromatic rings. The zero-order valence-electron chi connectivity index (χ0n) is 13.1. The zero-order valence-corrected chi connectivity index (χ0v) is 15.4. The Kier molecular flexibility index (Phi) is 4.68. The first-order valence-corrected chi connectivity index (χ1v) is 8.84. The molecule has 0 amide bonds. The van der Waals surface area contributed by atoms with Crippen molar-refractivity contribution in [1.82, 2.24) is 0 Å². The van der Waals surface area contributed by atoms with E-state index in [9.17, 15) is 9.90 Å². The number of thiophene rings is 1. The molecule has 0 saturated heterocycles. The number of aromatic carboxylic acids is 1. The molecule has 0 aliphatic heterocycles. The van der Waals surface area contributed by atoms with Gasteiger partial charge in [0, 0.05) is 26.0 Å². The SMILES string of the molecule is Cc1ccc(-c2sc(C(=O)O)cc2-c2ccc(Cl)cc2C)c(Cl)c1. The summed E-state index contributed by atoms with van der Waals surface area (Å²) in [6.07, 6.45) is 0. The fourth-order valence-corrected chi connectivity index (χ4v) is 4.29. The molecule has 5 heteroatoms. The fraction of sp³-hybridized carbons (Fsp3) is 0.105. The Hall–Kier alpha value is -1.81. The second kappa shape index (κ2) is 6.60. The van der Waals surface area contributed by atoms with E-state index in [0.29, 0.717) is 10.0 Å². The highest BCUT2D eigenvalue weighted by atomic mass is 35.5. The molecule has 2 nitrogen and oxygen atoms in total. The monoisotopic (exact) mass is 376 g/mol. The van der Waals surface area contributed by atoms with E-state index in [-0.39, 0.29) is 4.88 Å². The van der Waals surface area contributed by atoms with Gasteiger partial charge in [-0.05, 0) is 54.8 Å². The molecule has 0 radical (unpaired) electrons. The van der Waals surface area contributed by atoms with Crippen molar-refractivity contribution in [3.8, 4) is 21.6 Å². The number of carboxylic acids is 1. The van der Waals surface area contributed by atoms with Gasteiger partial charge in [0.25, 0.3) is 0 Å². The molecular formula is C19H14Cl2O2S. The van der Waals surface area contributed by atoms with Crippen LogP contribution in [0, 0.1) is 13.8 Å². The van der Waals surface area contributed by atoms with E-state index in [1.807, 2.05) is 50.2 Å². The Balaban J connectivity index is 2.27. The highest BCUT2D eigenvalue weighted by Gasteiger charge is 2.19. The standard InChI is InChI=1S/C19H14Cl2O2S/c1-10-3-5-14(16(21)7-10)18-15(9-17(24-18)19(22)23)13-6-4-12(20)8-11(13)2/h3-9H,1-2H3,(H,22,23). The lowest BCUT2D eigenvalue weighted by Crippen LogP contribution is -1.90. The van der Waals surface area contributed by atoms with Crippen LogP contribution in [-0.2, 0) is 0 Å². The van der Waals surface area contributed by atoms with E-state index in [2.05, 4.69) is 0 Å². The van der Waals surface area contributed by atoms with Crippen LogP contribution in [0.4, 0.5) is 0 Å². The number of benzene rings is 2. The molecule has 3 rings (SSSR count). The average Bonchev–Trinajstić information content (AvgIpc) is 2.92. The minimum absolute atomic E-state index is 0.283. The first-order chi connectivity index (χ1) is 11.4. The second-order valence-electron chi connectivity index (χ2n) is 5.60. The summed E-state index contributed by atoms with van der Waals surface area (Å²) in [5, 5.41) is 10.7. The molecule has 1 heterocycles. The van der Waals surface area contributed by atoms with Crippen LogP contribution in [0.3, 0.4) is 0 Å². The van der Waals surface area contributed by atoms with Gasteiger partial charge in [-0.1, -0.05) is 41.4 Å². The van der Waals surface area contributed by atoms with Gasteiger partial charge in [-0.15, -0.1) is 11.3 Å². The largest absolute Gasteiger partial charge is 0.477 e. The van der Waals surface area contributed by atoms with Crippen LogP contribution in [0.2, 0.25) is 10.0 Å². The number of hydrogen-bond donors (Lipinski definition) is 1. The Morgan fingerprint density at radius 3 is 2.29 bits per heavy atom. The maximum absolute atomic E-state index is 11.5. The van der Waals surface area contributed by atoms with E-state index in [1.54, 1.807) is 6.07 Å². The first kappa shape index (κ1) is 17.0. The lowest BCUT2D eigenvalue weighted by atomic mass is 9.98. The van der Waals surface area contributed by atoms with E-state index in [0.717, 1.165) is 32.7 Å². The van der Waals surface area contributed by atoms with Crippen molar-refractivity contribution in [2.75, 3.05) is 0 Å². The molecule has 1 aromatic heterocycles. The van der Waals surface area contributed by atoms with Crippen LogP contribution < -0.4 is 0 Å². The highest BCUT2D eigenvalue weighted by Crippen LogP contribution is 2.43. The lowest BCUT2D eigenvalue weighted by Gasteiger charge is -2.10. The van der Waals surface area contributed by atoms with Gasteiger partial charge in [0.2, 0.25) is 0 Å². The molecule has 0 bridgehead atoms. The van der Waals surface area contributed by atoms with Crippen LogP contribution in [0.1, 0.15) is 20.8 Å². The van der Waals surface area contributed by atoms with Crippen LogP contribution in [-0.4, -0.2) is 11.1 Å². The summed E-state index contributed by atoms with van der Waals surface area (Å²) in [7, 11) is 0. The topological polar surface area (TPSA) is 37.3 Å². The van der Waals surface area contributed by atoms with E-state index in [1.165, 1.54) is 11.3 Å². The number of carboxylic acid groups (broad SMARTS) is 1. The molecular weight excluding hydrogens is 363 g/mol. The molecule has 0 atom stereocenters. The molecule has 0 aliphatic carbocycles. The van der Waals surface area contributed by atoms with Crippen LogP contribution in [0.15, 0.2) is 42.5 Å². The predicted molar refractivity (Wildman–Crippen MR) is 102 cm³/mol. The van der Waals surface area contributed by atoms with Crippen molar-refractivity contribution in [3.05, 3.63) is 68.5 Å². The van der Waals surface area contributed by atoms with Gasteiger partial charge in [-0.25, -0.2) is 4.79 Å². The maximum atomic E-state index is 11.5. The van der Waals surface area contributed by atoms with Gasteiger partial charge in [-0.3, -0.25) is 0 Å². The number of hydrogen-bond acceptors (Lipinski definition) is 2. The number of halogens is 2. The Morgan fingerprint density at radius 2 is 1.67 bits per heavy atom. The third kappa shape index (κ3) is 3.20. The first-order valence-electron chi connectivity index (χ1n) is 7.27. The van der Waals surface area contributed by atoms with Gasteiger partial charge in [-0.2, -0.15) is 0 Å². The van der Waals surface area contributed by atoms with Crippen molar-refractivity contribution >= 4 is 40.5 Å². The summed E-state index contributed by atoms with van der Waals surface area (Å²) in [6, 6.07) is 13.1. The molecule has 0 fully saturated rings. The quantitative estimate of drug-likeness (QED) is 0.551. The van der Waals surface area contributed by atoms with E-state index in [4.69, 9.17) is 23.2 Å². The third-order valence-electron chi connectivity index (χ3n) is 3.79. The van der Waals surface area contributed by atoms with Crippen molar-refractivity contribution < 1.29 is 9.90 Å². The summed E-state index contributed by atoms with van der Waals surface area (Å²) in [6.45, 7) is 3.93. The Morgan fingerprint density at radius 1 is 0.958 bits per heavy atom. The summed E-state index contributed by atoms with van der Waals surface area (Å²) >= 11 is 13.7. The van der Waals surface area contributed by atoms with Gasteiger partial charge in [0.05, 0.1) is 0 Å². The van der Waals surface area contributed by atoms with Crippen molar-refractivity contribution in [1.29, 1.82) is 0 Å². The normalized spacial score (nSPS) is 10.8. The summed E-state index contributed by atoms with van der Waals surface area (Å²) in [5.74, 6) is -0.942. The Bertz CT molecular complexity index is 876. The van der Waals surface area contributed by atoms with Crippen LogP contribution in [0.5, 0.6) is 0 Å². The number of aryl methyl sites for hydroxylation is 2.